The van der Waals surface area contributed by atoms with Gasteiger partial charge in [-0.05, 0) is 68.1 Å². The molecule has 2 heteroatoms. The van der Waals surface area contributed by atoms with Gasteiger partial charge in [0.05, 0.1) is 5.92 Å². The van der Waals surface area contributed by atoms with E-state index in [1.54, 1.807) is 0 Å². The molecule has 4 rings (SSSR count). The van der Waals surface area contributed by atoms with E-state index in [-0.39, 0.29) is 11.3 Å². The second-order valence-corrected chi connectivity index (χ2v) is 9.43. The van der Waals surface area contributed by atoms with Gasteiger partial charge in [-0.1, -0.05) is 58.3 Å². The van der Waals surface area contributed by atoms with E-state index in [1.165, 1.54) is 83.5 Å². The quantitative estimate of drug-likeness (QED) is 0.442. The van der Waals surface area contributed by atoms with Crippen molar-refractivity contribution in [3.63, 3.8) is 0 Å². The number of carbonyl (C=O) groups is 1. The Bertz CT molecular complexity index is 379. The molecule has 2 nitrogen and oxygen atoms in total. The van der Waals surface area contributed by atoms with Crippen molar-refractivity contribution in [1.82, 2.24) is 0 Å². The van der Waals surface area contributed by atoms with E-state index in [0.29, 0.717) is 0 Å². The van der Waals surface area contributed by atoms with Gasteiger partial charge in [0.15, 0.2) is 0 Å². The molecule has 1 atom stereocenters. The highest BCUT2D eigenvalue weighted by atomic mass is 16.4. The topological polar surface area (TPSA) is 37.3 Å². The molecule has 4 saturated carbocycles. The molecule has 0 heterocycles. The van der Waals surface area contributed by atoms with Gasteiger partial charge in [0.25, 0.3) is 0 Å². The number of hydrogen-bond acceptors (Lipinski definition) is 1. The predicted octanol–water partition coefficient (Wildman–Crippen LogP) is 6.43. The molecule has 0 aromatic carbocycles. The summed E-state index contributed by atoms with van der Waals surface area (Å²) in [6.07, 6.45) is 19.3. The minimum absolute atomic E-state index is 0.0500. The summed E-state index contributed by atoms with van der Waals surface area (Å²) >= 11 is 0. The monoisotopic (exact) mass is 334 g/mol. The largest absolute Gasteiger partial charge is 0.481 e. The molecule has 4 bridgehead atoms. The Morgan fingerprint density at radius 3 is 1.79 bits per heavy atom. The highest BCUT2D eigenvalue weighted by molar-refractivity contribution is 5.71. The van der Waals surface area contributed by atoms with E-state index in [2.05, 4.69) is 6.92 Å². The molecule has 0 radical (unpaired) electrons. The van der Waals surface area contributed by atoms with Crippen LogP contribution in [-0.4, -0.2) is 11.1 Å². The van der Waals surface area contributed by atoms with Crippen molar-refractivity contribution in [3.8, 4) is 0 Å². The Hall–Kier alpha value is -0.530. The summed E-state index contributed by atoms with van der Waals surface area (Å²) in [4.78, 5) is 12.1. The van der Waals surface area contributed by atoms with Gasteiger partial charge in [-0.3, -0.25) is 4.79 Å². The Kier molecular flexibility index (Phi) is 6.27. The van der Waals surface area contributed by atoms with E-state index < -0.39 is 5.97 Å². The highest BCUT2D eigenvalue weighted by Crippen LogP contribution is 2.63. The fourth-order valence-corrected chi connectivity index (χ4v) is 6.78. The second kappa shape index (κ2) is 8.23. The van der Waals surface area contributed by atoms with Crippen molar-refractivity contribution in [2.45, 2.75) is 103 Å². The Balaban J connectivity index is 1.45. The number of aliphatic carboxylic acids is 1. The van der Waals surface area contributed by atoms with Crippen LogP contribution in [0.25, 0.3) is 0 Å². The van der Waals surface area contributed by atoms with Crippen molar-refractivity contribution in [2.24, 2.45) is 29.1 Å². The first kappa shape index (κ1) is 18.3. The first-order valence-electron chi connectivity index (χ1n) is 10.9. The van der Waals surface area contributed by atoms with E-state index >= 15 is 0 Å². The van der Waals surface area contributed by atoms with Crippen molar-refractivity contribution in [1.29, 1.82) is 0 Å². The summed E-state index contributed by atoms with van der Waals surface area (Å²) in [6.45, 7) is 2.26. The molecule has 4 aliphatic carbocycles. The van der Waals surface area contributed by atoms with Crippen LogP contribution < -0.4 is 0 Å². The van der Waals surface area contributed by atoms with E-state index in [0.717, 1.165) is 30.6 Å². The van der Waals surface area contributed by atoms with Gasteiger partial charge in [-0.15, -0.1) is 0 Å². The smallest absolute Gasteiger partial charge is 0.307 e. The molecular weight excluding hydrogens is 296 g/mol. The number of carboxylic acid groups (broad SMARTS) is 1. The maximum Gasteiger partial charge on any atom is 0.307 e. The van der Waals surface area contributed by atoms with Crippen molar-refractivity contribution in [2.75, 3.05) is 0 Å². The van der Waals surface area contributed by atoms with Crippen molar-refractivity contribution >= 4 is 5.97 Å². The minimum atomic E-state index is -0.486. The van der Waals surface area contributed by atoms with Crippen LogP contribution in [0.15, 0.2) is 0 Å². The summed E-state index contributed by atoms with van der Waals surface area (Å²) < 4.78 is 0. The zero-order valence-corrected chi connectivity index (χ0v) is 15.8. The van der Waals surface area contributed by atoms with Crippen LogP contribution in [0.4, 0.5) is 0 Å². The van der Waals surface area contributed by atoms with Crippen LogP contribution in [0, 0.1) is 29.1 Å². The summed E-state index contributed by atoms with van der Waals surface area (Å²) in [5.41, 5.74) is 0.182. The minimum Gasteiger partial charge on any atom is -0.481 e. The third-order valence-electron chi connectivity index (χ3n) is 7.47. The van der Waals surface area contributed by atoms with E-state index in [1.807, 2.05) is 0 Å². The molecule has 1 N–H and O–H groups in total. The Morgan fingerprint density at radius 2 is 1.33 bits per heavy atom. The van der Waals surface area contributed by atoms with E-state index in [4.69, 9.17) is 0 Å². The number of unbranched alkanes of at least 4 members (excludes halogenated alkanes) is 7. The maximum absolute atomic E-state index is 12.1. The molecule has 4 aliphatic rings. The second-order valence-electron chi connectivity index (χ2n) is 9.43. The molecular formula is C22H38O2. The predicted molar refractivity (Wildman–Crippen MR) is 99.0 cm³/mol. The highest BCUT2D eigenvalue weighted by Gasteiger charge is 2.55. The van der Waals surface area contributed by atoms with Gasteiger partial charge in [-0.25, -0.2) is 0 Å². The number of carboxylic acids is 1. The zero-order valence-electron chi connectivity index (χ0n) is 15.8. The van der Waals surface area contributed by atoms with Crippen LogP contribution in [0.5, 0.6) is 0 Å². The lowest BCUT2D eigenvalue weighted by Gasteiger charge is -2.58. The summed E-state index contributed by atoms with van der Waals surface area (Å²) in [6, 6.07) is 0. The summed E-state index contributed by atoms with van der Waals surface area (Å²) in [7, 11) is 0. The molecule has 1 unspecified atom stereocenters. The Labute approximate surface area is 148 Å². The van der Waals surface area contributed by atoms with Gasteiger partial charge in [0, 0.05) is 0 Å². The maximum atomic E-state index is 12.1. The molecule has 24 heavy (non-hydrogen) atoms. The molecule has 4 fully saturated rings. The fraction of sp³-hybridized carbons (Fsp3) is 0.955. The molecule has 0 aromatic rings. The van der Waals surface area contributed by atoms with Gasteiger partial charge < -0.3 is 5.11 Å². The number of rotatable bonds is 11. The SMILES string of the molecule is CCCCCCCCCCC(C(=O)O)C12CC3CC(CC(C3)C1)C2. The van der Waals surface area contributed by atoms with Crippen LogP contribution in [0.2, 0.25) is 0 Å². The van der Waals surface area contributed by atoms with Crippen molar-refractivity contribution < 1.29 is 9.90 Å². The standard InChI is InChI=1S/C22H38O2/c1-2-3-4-5-6-7-8-9-10-20(21(23)24)22-14-17-11-18(15-22)13-19(12-17)16-22/h17-20H,2-16H2,1H3,(H,23,24). The zero-order chi connectivity index (χ0) is 17.0. The molecule has 0 spiro atoms. The van der Waals surface area contributed by atoms with Crippen molar-refractivity contribution in [3.05, 3.63) is 0 Å². The van der Waals surface area contributed by atoms with Crippen LogP contribution >= 0.6 is 0 Å². The first-order chi connectivity index (χ1) is 11.6. The molecule has 0 aliphatic heterocycles. The van der Waals surface area contributed by atoms with Crippen LogP contribution in [0.1, 0.15) is 103 Å². The third-order valence-corrected chi connectivity index (χ3v) is 7.47. The molecule has 0 saturated heterocycles. The third kappa shape index (κ3) is 4.17. The van der Waals surface area contributed by atoms with Crippen LogP contribution in [-0.2, 0) is 4.79 Å². The van der Waals surface area contributed by atoms with Gasteiger partial charge in [0.2, 0.25) is 0 Å². The van der Waals surface area contributed by atoms with Gasteiger partial charge in [-0.2, -0.15) is 0 Å². The first-order valence-corrected chi connectivity index (χ1v) is 10.9. The Morgan fingerprint density at radius 1 is 0.875 bits per heavy atom. The summed E-state index contributed by atoms with van der Waals surface area (Å²) in [5, 5.41) is 9.93. The molecule has 138 valence electrons. The van der Waals surface area contributed by atoms with Crippen LogP contribution in [0.3, 0.4) is 0 Å². The lowest BCUT2D eigenvalue weighted by molar-refractivity contribution is -0.158. The van der Waals surface area contributed by atoms with Gasteiger partial charge >= 0.3 is 5.97 Å². The number of hydrogen-bond donors (Lipinski definition) is 1. The normalized spacial score (nSPS) is 35.3. The van der Waals surface area contributed by atoms with E-state index in [9.17, 15) is 9.90 Å². The molecule has 0 amide bonds. The lowest BCUT2D eigenvalue weighted by Crippen LogP contribution is -2.51. The van der Waals surface area contributed by atoms with Gasteiger partial charge in [0.1, 0.15) is 0 Å². The summed E-state index contributed by atoms with van der Waals surface area (Å²) in [5.74, 6) is 2.04. The fourth-order valence-electron chi connectivity index (χ4n) is 6.78. The lowest BCUT2D eigenvalue weighted by atomic mass is 9.46. The average Bonchev–Trinajstić information content (AvgIpc) is 2.51. The average molecular weight is 335 g/mol. The molecule has 0 aromatic heterocycles.